The molecule has 0 saturated carbocycles. The third-order valence-electron chi connectivity index (χ3n) is 7.72. The fraction of sp³-hybridized carbons (Fsp3) is 0.448. The van der Waals surface area contributed by atoms with Crippen molar-refractivity contribution < 1.29 is 22.7 Å². The van der Waals surface area contributed by atoms with Crippen LogP contribution in [0.25, 0.3) is 10.9 Å². The lowest BCUT2D eigenvalue weighted by molar-refractivity contribution is 0.0240. The van der Waals surface area contributed by atoms with Crippen molar-refractivity contribution in [2.24, 2.45) is 0 Å². The molecule has 40 heavy (non-hydrogen) atoms. The highest BCUT2D eigenvalue weighted by Crippen LogP contribution is 2.46. The summed E-state index contributed by atoms with van der Waals surface area (Å²) in [4.78, 5) is 33.7. The van der Waals surface area contributed by atoms with E-state index in [4.69, 9.17) is 10.5 Å². The molecule has 1 saturated heterocycles. The Hall–Kier alpha value is -3.57. The number of nitrogens with two attached hydrogens (primary N) is 1. The van der Waals surface area contributed by atoms with Crippen molar-refractivity contribution in [1.82, 2.24) is 14.2 Å². The Labute approximate surface area is 235 Å². The van der Waals surface area contributed by atoms with Gasteiger partial charge in [-0.05, 0) is 50.6 Å². The van der Waals surface area contributed by atoms with Gasteiger partial charge in [-0.3, -0.25) is 4.79 Å². The molecule has 1 aromatic heterocycles. The average molecular weight is 568 g/mol. The van der Waals surface area contributed by atoms with Gasteiger partial charge in [0.05, 0.1) is 11.3 Å². The fourth-order valence-corrected chi connectivity index (χ4v) is 6.68. The number of carbonyl (C=O) groups is 2. The van der Waals surface area contributed by atoms with Gasteiger partial charge >= 0.3 is 6.09 Å². The number of fused-ring (bicyclic) bond motifs is 4. The first-order chi connectivity index (χ1) is 18.5. The van der Waals surface area contributed by atoms with Crippen LogP contribution in [0.1, 0.15) is 61.8 Å². The summed E-state index contributed by atoms with van der Waals surface area (Å²) in [6, 6.07) is 8.77. The Bertz CT molecular complexity index is 1640. The third kappa shape index (κ3) is 4.50. The predicted octanol–water partition coefficient (Wildman–Crippen LogP) is 3.93. The molecule has 1 fully saturated rings. The fourth-order valence-electron chi connectivity index (χ4n) is 5.57. The van der Waals surface area contributed by atoms with Crippen LogP contribution in [0.3, 0.4) is 0 Å². The largest absolute Gasteiger partial charge is 0.444 e. The summed E-state index contributed by atoms with van der Waals surface area (Å²) in [5, 5.41) is 0.757. The number of nitrogens with zero attached hydrogens (tertiary/aromatic N) is 3. The summed E-state index contributed by atoms with van der Waals surface area (Å²) in [6.07, 6.45) is -0.391. The van der Waals surface area contributed by atoms with Crippen LogP contribution in [0.2, 0.25) is 0 Å². The van der Waals surface area contributed by atoms with Gasteiger partial charge in [0.25, 0.3) is 0 Å². The van der Waals surface area contributed by atoms with Crippen molar-refractivity contribution in [1.29, 1.82) is 0 Å². The average Bonchev–Trinajstić information content (AvgIpc) is 3.25. The van der Waals surface area contributed by atoms with E-state index in [1.807, 2.05) is 51.7 Å². The van der Waals surface area contributed by atoms with Crippen molar-refractivity contribution >= 4 is 44.2 Å². The van der Waals surface area contributed by atoms with Gasteiger partial charge in [0.15, 0.2) is 5.78 Å². The molecule has 0 atom stereocenters. The van der Waals surface area contributed by atoms with Gasteiger partial charge in [-0.1, -0.05) is 19.9 Å². The van der Waals surface area contributed by atoms with Crippen LogP contribution in [-0.2, 0) is 20.2 Å². The number of H-pyrrole nitrogens is 1. The van der Waals surface area contributed by atoms with E-state index in [0.29, 0.717) is 48.7 Å². The quantitative estimate of drug-likeness (QED) is 0.459. The molecule has 2 heterocycles. The van der Waals surface area contributed by atoms with Gasteiger partial charge in [-0.2, -0.15) is 0 Å². The molecule has 1 aliphatic carbocycles. The lowest BCUT2D eigenvalue weighted by Crippen LogP contribution is -2.50. The van der Waals surface area contributed by atoms with Crippen LogP contribution in [-0.4, -0.2) is 80.4 Å². The molecule has 0 spiro atoms. The Morgan fingerprint density at radius 1 is 1.07 bits per heavy atom. The highest BCUT2D eigenvalue weighted by Gasteiger charge is 2.42. The minimum Gasteiger partial charge on any atom is -0.444 e. The van der Waals surface area contributed by atoms with E-state index < -0.39 is 27.1 Å². The summed E-state index contributed by atoms with van der Waals surface area (Å²) in [7, 11) is -0.949. The highest BCUT2D eigenvalue weighted by molar-refractivity contribution is 7.89. The van der Waals surface area contributed by atoms with Gasteiger partial charge in [-0.15, -0.1) is 0 Å². The molecule has 3 N–H and O–H groups in total. The minimum absolute atomic E-state index is 0.0682. The van der Waals surface area contributed by atoms with Gasteiger partial charge in [0.1, 0.15) is 10.5 Å². The summed E-state index contributed by atoms with van der Waals surface area (Å²) >= 11 is 0. The number of aromatic nitrogens is 1. The van der Waals surface area contributed by atoms with Crippen LogP contribution in [0.5, 0.6) is 0 Å². The number of ether oxygens (including phenoxy) is 1. The molecule has 5 rings (SSSR count). The number of hydrogen-bond donors (Lipinski definition) is 2. The number of piperazine rings is 1. The second-order valence-electron chi connectivity index (χ2n) is 12.2. The highest BCUT2D eigenvalue weighted by atomic mass is 32.2. The topological polar surface area (TPSA) is 129 Å². The Morgan fingerprint density at radius 2 is 1.73 bits per heavy atom. The first kappa shape index (κ1) is 28.0. The molecule has 214 valence electrons. The van der Waals surface area contributed by atoms with Crippen molar-refractivity contribution in [3.63, 3.8) is 0 Å². The number of ketones is 1. The molecule has 0 radical (unpaired) electrons. The summed E-state index contributed by atoms with van der Waals surface area (Å²) in [5.74, 6) is -0.225. The van der Waals surface area contributed by atoms with Crippen LogP contribution >= 0.6 is 0 Å². The number of nitrogen functional groups attached to an aromatic ring is 1. The summed E-state index contributed by atoms with van der Waals surface area (Å²) < 4.78 is 33.9. The van der Waals surface area contributed by atoms with E-state index in [-0.39, 0.29) is 10.7 Å². The maximum atomic E-state index is 14.0. The normalized spacial score (nSPS) is 17.2. The molecule has 0 bridgehead atoms. The number of hydrogen-bond acceptors (Lipinski definition) is 7. The van der Waals surface area contributed by atoms with Crippen molar-refractivity contribution in [3.8, 4) is 0 Å². The lowest BCUT2D eigenvalue weighted by Gasteiger charge is -2.39. The first-order valence-corrected chi connectivity index (χ1v) is 14.8. The maximum absolute atomic E-state index is 14.0. The number of aromatic amines is 1. The molecule has 2 aliphatic rings. The van der Waals surface area contributed by atoms with Crippen LogP contribution in [0.4, 0.5) is 16.2 Å². The number of nitrogens with one attached hydrogen (secondary N) is 1. The summed E-state index contributed by atoms with van der Waals surface area (Å²) in [5.41, 5.74) is 9.07. The zero-order chi connectivity index (χ0) is 29.4. The monoisotopic (exact) mass is 567 g/mol. The van der Waals surface area contributed by atoms with Gasteiger partial charge in [-0.25, -0.2) is 17.5 Å². The second kappa shape index (κ2) is 9.24. The maximum Gasteiger partial charge on any atom is 0.410 e. The van der Waals surface area contributed by atoms with E-state index in [0.717, 1.165) is 26.5 Å². The van der Waals surface area contributed by atoms with Crippen LogP contribution in [0.15, 0.2) is 35.2 Å². The smallest absolute Gasteiger partial charge is 0.410 e. The molecule has 3 aromatic rings. The standard InChI is InChI=1S/C29H37N5O5S/c1-28(2,3)39-27(36)34-12-10-33(11-13-34)22-16-20-19(15-23(22)40(37,38)32(6)7)25(35)24-18-9-8-17(30)14-21(18)31-26(24)29(20,4)5/h8-9,14-16,31H,10-13,30H2,1-7H3. The number of rotatable bonds is 3. The Kier molecular flexibility index (Phi) is 6.46. The van der Waals surface area contributed by atoms with E-state index in [1.165, 1.54) is 20.2 Å². The Balaban J connectivity index is 1.61. The SMILES string of the molecule is CN(C)S(=O)(=O)c1cc2c(cc1N1CCN(C(=O)OC(C)(C)C)CC1)C(C)(C)c1[nH]c3cc(N)ccc3c1C2=O. The lowest BCUT2D eigenvalue weighted by atomic mass is 9.71. The van der Waals surface area contributed by atoms with Crippen LogP contribution in [0, 0.1) is 0 Å². The zero-order valence-corrected chi connectivity index (χ0v) is 24.9. The molecular formula is C29H37N5O5S. The predicted molar refractivity (Wildman–Crippen MR) is 156 cm³/mol. The molecule has 2 aromatic carbocycles. The molecule has 1 amide bonds. The van der Waals surface area contributed by atoms with Crippen molar-refractivity contribution in [3.05, 3.63) is 52.7 Å². The third-order valence-corrected chi connectivity index (χ3v) is 9.57. The number of carbonyl (C=O) groups excluding carboxylic acids is 2. The van der Waals surface area contributed by atoms with E-state index in [1.54, 1.807) is 17.0 Å². The first-order valence-electron chi connectivity index (χ1n) is 13.3. The van der Waals surface area contributed by atoms with E-state index in [9.17, 15) is 18.0 Å². The van der Waals surface area contributed by atoms with E-state index >= 15 is 0 Å². The number of anilines is 2. The molecule has 1 aliphatic heterocycles. The molecule has 10 nitrogen and oxygen atoms in total. The summed E-state index contributed by atoms with van der Waals surface area (Å²) in [6.45, 7) is 11.1. The number of sulfonamides is 1. The second-order valence-corrected chi connectivity index (χ2v) is 14.4. The van der Waals surface area contributed by atoms with Crippen molar-refractivity contribution in [2.75, 3.05) is 50.9 Å². The van der Waals surface area contributed by atoms with Crippen molar-refractivity contribution in [2.45, 2.75) is 50.5 Å². The molecule has 0 unspecified atom stereocenters. The molecule has 11 heteroatoms. The van der Waals surface area contributed by atoms with Gasteiger partial charge in [0, 0.05) is 73.5 Å². The van der Waals surface area contributed by atoms with Gasteiger partial charge in [0.2, 0.25) is 10.0 Å². The van der Waals surface area contributed by atoms with Crippen LogP contribution < -0.4 is 10.6 Å². The number of amides is 1. The minimum atomic E-state index is -3.91. The zero-order valence-electron chi connectivity index (χ0n) is 24.1. The Morgan fingerprint density at radius 3 is 2.33 bits per heavy atom. The number of benzene rings is 2. The molecular weight excluding hydrogens is 530 g/mol. The van der Waals surface area contributed by atoms with Gasteiger partial charge < -0.3 is 25.3 Å². The van der Waals surface area contributed by atoms with E-state index in [2.05, 4.69) is 4.98 Å².